The summed E-state index contributed by atoms with van der Waals surface area (Å²) in [5, 5.41) is 3.91. The SMILES string of the molecule is COc1c(N2CC[C@@H](CNC3CC3)C2)c(F)cc2c(=O)c3c(=O)[nH]sc3n(C3CC3)c12.Cl. The van der Waals surface area contributed by atoms with Gasteiger partial charge in [-0.3, -0.25) is 14.0 Å². The van der Waals surface area contributed by atoms with Crippen molar-refractivity contribution in [1.82, 2.24) is 14.3 Å². The number of hydrogen-bond acceptors (Lipinski definition) is 6. The molecule has 0 radical (unpaired) electrons. The first-order chi connectivity index (χ1) is 15.1. The van der Waals surface area contributed by atoms with Gasteiger partial charge in [-0.25, -0.2) is 4.39 Å². The number of nitrogens with zero attached hydrogens (tertiary/aromatic N) is 2. The molecule has 3 heterocycles. The number of rotatable bonds is 6. The molecule has 0 spiro atoms. The van der Waals surface area contributed by atoms with Gasteiger partial charge in [0, 0.05) is 25.2 Å². The number of fused-ring (bicyclic) bond motifs is 2. The molecule has 0 bridgehead atoms. The van der Waals surface area contributed by atoms with E-state index < -0.39 is 16.8 Å². The summed E-state index contributed by atoms with van der Waals surface area (Å²) in [5.74, 6) is 0.395. The number of halogens is 2. The summed E-state index contributed by atoms with van der Waals surface area (Å²) in [6, 6.07) is 2.16. The van der Waals surface area contributed by atoms with E-state index in [0.717, 1.165) is 38.9 Å². The van der Waals surface area contributed by atoms with Crippen molar-refractivity contribution in [2.45, 2.75) is 44.2 Å². The highest BCUT2D eigenvalue weighted by atomic mass is 35.5. The number of aromatic nitrogens is 2. The maximum Gasteiger partial charge on any atom is 0.271 e. The van der Waals surface area contributed by atoms with Gasteiger partial charge in [0.05, 0.1) is 18.0 Å². The first-order valence-electron chi connectivity index (χ1n) is 11.0. The minimum absolute atomic E-state index is 0. The van der Waals surface area contributed by atoms with Gasteiger partial charge >= 0.3 is 0 Å². The normalized spacial score (nSPS) is 20.8. The lowest BCUT2D eigenvalue weighted by atomic mass is 10.1. The predicted molar refractivity (Wildman–Crippen MR) is 128 cm³/mol. The van der Waals surface area contributed by atoms with Crippen molar-refractivity contribution in [2.75, 3.05) is 31.6 Å². The summed E-state index contributed by atoms with van der Waals surface area (Å²) in [6.45, 7) is 2.46. The van der Waals surface area contributed by atoms with Crippen LogP contribution in [0.15, 0.2) is 15.7 Å². The molecule has 1 atom stereocenters. The monoisotopic (exact) mass is 480 g/mol. The van der Waals surface area contributed by atoms with Crippen molar-refractivity contribution in [3.63, 3.8) is 0 Å². The molecule has 2 N–H and O–H groups in total. The Morgan fingerprint density at radius 1 is 1.25 bits per heavy atom. The molecule has 172 valence electrons. The molecule has 32 heavy (non-hydrogen) atoms. The smallest absolute Gasteiger partial charge is 0.271 e. The van der Waals surface area contributed by atoms with Gasteiger partial charge < -0.3 is 19.5 Å². The summed E-state index contributed by atoms with van der Waals surface area (Å²) in [5.41, 5.74) is 0.199. The molecule has 2 aliphatic carbocycles. The fraction of sp³-hybridized carbons (Fsp3) is 0.545. The second-order valence-corrected chi connectivity index (χ2v) is 9.86. The average Bonchev–Trinajstić information content (AvgIpc) is 3.68. The Bertz CT molecular complexity index is 1310. The molecule has 1 aliphatic heterocycles. The van der Waals surface area contributed by atoms with Crippen LogP contribution in [-0.4, -0.2) is 41.7 Å². The summed E-state index contributed by atoms with van der Waals surface area (Å²) in [4.78, 5) is 28.1. The standard InChI is InChI=1S/C22H25FN4O3S.ClH/c1-30-20-17-14(19(28)16-21(29)25-31-22(16)27(17)13-4-5-13)8-15(23)18(20)26-7-6-11(10-26)9-24-12-2-3-12;/h8,11-13,24H,2-7,9-10H2,1H3,(H,25,29);1H/t11-;/m0./s1. The van der Waals surface area contributed by atoms with Crippen LogP contribution < -0.4 is 25.9 Å². The molecule has 2 aromatic heterocycles. The van der Waals surface area contributed by atoms with Crippen LogP contribution in [0.4, 0.5) is 10.1 Å². The van der Waals surface area contributed by atoms with E-state index in [-0.39, 0.29) is 29.2 Å². The highest BCUT2D eigenvalue weighted by Crippen LogP contribution is 2.46. The van der Waals surface area contributed by atoms with Crippen LogP contribution in [0.2, 0.25) is 0 Å². The largest absolute Gasteiger partial charge is 0.492 e. The third kappa shape index (κ3) is 3.41. The summed E-state index contributed by atoms with van der Waals surface area (Å²) in [6.07, 6.45) is 5.43. The zero-order valence-electron chi connectivity index (χ0n) is 17.8. The van der Waals surface area contributed by atoms with Gasteiger partial charge in [-0.1, -0.05) is 0 Å². The van der Waals surface area contributed by atoms with E-state index in [1.165, 1.54) is 37.6 Å². The van der Waals surface area contributed by atoms with E-state index in [1.807, 2.05) is 4.57 Å². The minimum atomic E-state index is -0.467. The number of H-pyrrole nitrogens is 1. The van der Waals surface area contributed by atoms with Gasteiger partial charge in [0.25, 0.3) is 5.56 Å². The number of anilines is 1. The Hall–Kier alpha value is -2.10. The van der Waals surface area contributed by atoms with E-state index in [4.69, 9.17) is 4.74 Å². The quantitative estimate of drug-likeness (QED) is 0.565. The molecule has 3 aliphatic rings. The Balaban J connectivity index is 0.00000216. The zero-order chi connectivity index (χ0) is 21.3. The molecule has 0 amide bonds. The van der Waals surface area contributed by atoms with Crippen LogP contribution in [-0.2, 0) is 0 Å². The maximum atomic E-state index is 15.5. The molecule has 2 saturated carbocycles. The van der Waals surface area contributed by atoms with Crippen LogP contribution in [0.5, 0.6) is 5.75 Å². The van der Waals surface area contributed by atoms with Crippen molar-refractivity contribution in [2.24, 2.45) is 5.92 Å². The van der Waals surface area contributed by atoms with E-state index in [9.17, 15) is 9.59 Å². The highest BCUT2D eigenvalue weighted by molar-refractivity contribution is 7.12. The van der Waals surface area contributed by atoms with Crippen molar-refractivity contribution in [3.8, 4) is 5.75 Å². The van der Waals surface area contributed by atoms with Gasteiger partial charge in [0.15, 0.2) is 11.6 Å². The summed E-state index contributed by atoms with van der Waals surface area (Å²) in [7, 11) is 1.53. The molecule has 1 aromatic carbocycles. The molecule has 1 saturated heterocycles. The van der Waals surface area contributed by atoms with Crippen molar-refractivity contribution < 1.29 is 9.13 Å². The summed E-state index contributed by atoms with van der Waals surface area (Å²) < 4.78 is 26.0. The number of methoxy groups -OCH3 is 1. The zero-order valence-corrected chi connectivity index (χ0v) is 19.4. The fourth-order valence-electron chi connectivity index (χ4n) is 4.91. The van der Waals surface area contributed by atoms with Gasteiger partial charge in [0.2, 0.25) is 5.43 Å². The van der Waals surface area contributed by atoms with Gasteiger partial charge in [-0.2, -0.15) is 0 Å². The topological polar surface area (TPSA) is 79.4 Å². The Kier molecular flexibility index (Phi) is 5.46. The number of ether oxygens (including phenoxy) is 1. The highest BCUT2D eigenvalue weighted by Gasteiger charge is 2.34. The lowest BCUT2D eigenvalue weighted by Crippen LogP contribution is -2.28. The van der Waals surface area contributed by atoms with Gasteiger partial charge in [-0.05, 0) is 62.2 Å². The molecule has 7 nitrogen and oxygen atoms in total. The van der Waals surface area contributed by atoms with Crippen LogP contribution in [0.3, 0.4) is 0 Å². The summed E-state index contributed by atoms with van der Waals surface area (Å²) >= 11 is 1.17. The first-order valence-corrected chi connectivity index (χ1v) is 11.8. The third-order valence-electron chi connectivity index (χ3n) is 6.79. The second-order valence-electron chi connectivity index (χ2n) is 9.06. The lowest BCUT2D eigenvalue weighted by Gasteiger charge is -2.25. The molecule has 0 unspecified atom stereocenters. The average molecular weight is 481 g/mol. The Labute approximate surface area is 194 Å². The molecule has 10 heteroatoms. The second kappa shape index (κ2) is 8.04. The van der Waals surface area contributed by atoms with Crippen molar-refractivity contribution in [1.29, 1.82) is 0 Å². The van der Waals surface area contributed by atoms with E-state index in [2.05, 4.69) is 14.6 Å². The fourth-order valence-corrected chi connectivity index (χ4v) is 5.83. The molecule has 3 aromatic rings. The van der Waals surface area contributed by atoms with E-state index in [0.29, 0.717) is 33.7 Å². The number of aromatic amines is 1. The molecule has 3 fully saturated rings. The van der Waals surface area contributed by atoms with E-state index in [1.54, 1.807) is 0 Å². The number of hydrogen-bond donors (Lipinski definition) is 2. The molecule has 6 rings (SSSR count). The van der Waals surface area contributed by atoms with Crippen LogP contribution in [0, 0.1) is 11.7 Å². The number of benzene rings is 1. The van der Waals surface area contributed by atoms with Gasteiger partial charge in [-0.15, -0.1) is 12.4 Å². The lowest BCUT2D eigenvalue weighted by molar-refractivity contribution is 0.413. The number of nitrogens with one attached hydrogen (secondary N) is 2. The number of pyridine rings is 1. The van der Waals surface area contributed by atoms with Crippen molar-refractivity contribution in [3.05, 3.63) is 32.5 Å². The van der Waals surface area contributed by atoms with E-state index >= 15 is 4.39 Å². The first kappa shape index (κ1) is 21.7. The maximum absolute atomic E-state index is 15.5. The third-order valence-corrected chi connectivity index (χ3v) is 7.67. The molecular weight excluding hydrogens is 455 g/mol. The minimum Gasteiger partial charge on any atom is -0.492 e. The van der Waals surface area contributed by atoms with Gasteiger partial charge in [0.1, 0.15) is 15.9 Å². The predicted octanol–water partition coefficient (Wildman–Crippen LogP) is 3.39. The van der Waals surface area contributed by atoms with Crippen LogP contribution in [0.25, 0.3) is 21.1 Å². The Morgan fingerprint density at radius 2 is 2.03 bits per heavy atom. The van der Waals surface area contributed by atoms with Crippen molar-refractivity contribution >= 4 is 50.7 Å². The van der Waals surface area contributed by atoms with Crippen LogP contribution >= 0.6 is 23.9 Å². The molecular formula is C22H26ClFN4O3S. The Morgan fingerprint density at radius 3 is 2.72 bits per heavy atom. The van der Waals surface area contributed by atoms with Crippen LogP contribution in [0.1, 0.15) is 38.1 Å².